The number of methoxy groups -OCH3 is 1. The average Bonchev–Trinajstić information content (AvgIpc) is 3.18. The molecule has 0 heterocycles. The van der Waals surface area contributed by atoms with Crippen molar-refractivity contribution in [2.24, 2.45) is 0 Å². The molecule has 116 valence electrons. The Kier molecular flexibility index (Phi) is 5.90. The predicted molar refractivity (Wildman–Crippen MR) is 72.0 cm³/mol. The Bertz CT molecular complexity index is 461. The van der Waals surface area contributed by atoms with E-state index in [1.807, 2.05) is 0 Å². The van der Waals surface area contributed by atoms with Gasteiger partial charge < -0.3 is 10.1 Å². The lowest BCUT2D eigenvalue weighted by atomic mass is 10.4. The number of ether oxygens (including phenoxy) is 1. The predicted octanol–water partition coefficient (Wildman–Crippen LogP) is -1.06. The minimum Gasteiger partial charge on any atom is -0.469 e. The largest absolute Gasteiger partial charge is 0.469 e. The molecule has 0 unspecified atom stereocenters. The van der Waals surface area contributed by atoms with Gasteiger partial charge in [-0.25, -0.2) is 0 Å². The van der Waals surface area contributed by atoms with Gasteiger partial charge >= 0.3 is 5.97 Å². The fourth-order valence-electron chi connectivity index (χ4n) is 1.49. The lowest BCUT2D eigenvalue weighted by Crippen LogP contribution is -2.45. The molecule has 0 atom stereocenters. The molecule has 1 N–H and O–H groups in total. The third-order valence-corrected chi connectivity index (χ3v) is 4.84. The molecule has 1 aliphatic carbocycles. The van der Waals surface area contributed by atoms with Crippen LogP contribution in [0.2, 0.25) is 0 Å². The maximum Gasteiger partial charge on any atom is 0.306 e. The minimum absolute atomic E-state index is 0.00356. The van der Waals surface area contributed by atoms with Gasteiger partial charge in [0, 0.05) is 26.7 Å². The number of hydrogen-bond acceptors (Lipinski definition) is 5. The second kappa shape index (κ2) is 7.00. The van der Waals surface area contributed by atoms with E-state index in [0.29, 0.717) is 0 Å². The molecule has 1 rings (SSSR count). The van der Waals surface area contributed by atoms with Crippen molar-refractivity contribution in [3.8, 4) is 0 Å². The van der Waals surface area contributed by atoms with Crippen molar-refractivity contribution in [1.82, 2.24) is 13.9 Å². The molecule has 0 bridgehead atoms. The monoisotopic (exact) mass is 307 g/mol. The second-order valence-electron chi connectivity index (χ2n) is 4.75. The molecule has 0 spiro atoms. The molecule has 0 radical (unpaired) electrons. The van der Waals surface area contributed by atoms with E-state index in [-0.39, 0.29) is 31.5 Å². The van der Waals surface area contributed by atoms with Crippen molar-refractivity contribution in [2.45, 2.75) is 25.3 Å². The molecule has 0 aliphatic heterocycles. The summed E-state index contributed by atoms with van der Waals surface area (Å²) in [5, 5.41) is 2.72. The van der Waals surface area contributed by atoms with Crippen LogP contribution in [-0.4, -0.2) is 69.2 Å². The smallest absolute Gasteiger partial charge is 0.306 e. The van der Waals surface area contributed by atoms with E-state index < -0.39 is 16.2 Å². The fourth-order valence-corrected chi connectivity index (χ4v) is 2.57. The van der Waals surface area contributed by atoms with E-state index in [1.165, 1.54) is 21.2 Å². The SMILES string of the molecule is COC(=O)CCN(C)S(=O)(=O)N(C)CC(=O)NC1CC1. The standard InChI is InChI=1S/C11H21N3O5S/c1-13(7-6-11(16)19-3)20(17,18)14(2)8-10(15)12-9-4-5-9/h9H,4-8H2,1-3H3,(H,12,15). The average molecular weight is 307 g/mol. The quantitative estimate of drug-likeness (QED) is 0.576. The summed E-state index contributed by atoms with van der Waals surface area (Å²) in [5.41, 5.74) is 0. The minimum atomic E-state index is -3.76. The lowest BCUT2D eigenvalue weighted by molar-refractivity contribution is -0.140. The van der Waals surface area contributed by atoms with Crippen LogP contribution in [0, 0.1) is 0 Å². The summed E-state index contributed by atoms with van der Waals surface area (Å²) in [4.78, 5) is 22.6. The zero-order valence-electron chi connectivity index (χ0n) is 12.0. The van der Waals surface area contributed by atoms with E-state index in [0.717, 1.165) is 21.5 Å². The van der Waals surface area contributed by atoms with Crippen LogP contribution in [0.25, 0.3) is 0 Å². The highest BCUT2D eigenvalue weighted by molar-refractivity contribution is 7.86. The first kappa shape index (κ1) is 16.9. The zero-order chi connectivity index (χ0) is 15.3. The van der Waals surface area contributed by atoms with Gasteiger partial charge in [-0.05, 0) is 12.8 Å². The van der Waals surface area contributed by atoms with E-state index in [1.54, 1.807) is 0 Å². The molecule has 20 heavy (non-hydrogen) atoms. The van der Waals surface area contributed by atoms with E-state index in [2.05, 4.69) is 10.1 Å². The van der Waals surface area contributed by atoms with E-state index in [9.17, 15) is 18.0 Å². The summed E-state index contributed by atoms with van der Waals surface area (Å²) in [5.74, 6) is -0.805. The van der Waals surface area contributed by atoms with Crippen molar-refractivity contribution in [3.05, 3.63) is 0 Å². The molecule has 9 heteroatoms. The van der Waals surface area contributed by atoms with Crippen molar-refractivity contribution in [2.75, 3.05) is 34.3 Å². The maximum atomic E-state index is 12.1. The molecular weight excluding hydrogens is 286 g/mol. The number of rotatable bonds is 8. The summed E-state index contributed by atoms with van der Waals surface area (Å²) in [6.45, 7) is -0.231. The molecule has 0 saturated heterocycles. The lowest BCUT2D eigenvalue weighted by Gasteiger charge is -2.23. The van der Waals surface area contributed by atoms with Crippen LogP contribution in [-0.2, 0) is 24.5 Å². The van der Waals surface area contributed by atoms with E-state index in [4.69, 9.17) is 0 Å². The Morgan fingerprint density at radius 3 is 2.35 bits per heavy atom. The van der Waals surface area contributed by atoms with Crippen molar-refractivity contribution < 1.29 is 22.7 Å². The highest BCUT2D eigenvalue weighted by Gasteiger charge is 2.28. The van der Waals surface area contributed by atoms with Gasteiger partial charge in [0.25, 0.3) is 10.2 Å². The zero-order valence-corrected chi connectivity index (χ0v) is 12.8. The highest BCUT2D eigenvalue weighted by atomic mass is 32.2. The molecule has 0 aromatic rings. The van der Waals surface area contributed by atoms with Crippen molar-refractivity contribution in [1.29, 1.82) is 0 Å². The third-order valence-electron chi connectivity index (χ3n) is 2.95. The van der Waals surface area contributed by atoms with Gasteiger partial charge in [0.15, 0.2) is 0 Å². The summed E-state index contributed by atoms with van der Waals surface area (Å²) >= 11 is 0. The Morgan fingerprint density at radius 2 is 1.85 bits per heavy atom. The van der Waals surface area contributed by atoms with Gasteiger partial charge in [-0.15, -0.1) is 0 Å². The Balaban J connectivity index is 2.47. The van der Waals surface area contributed by atoms with Gasteiger partial charge in [0.05, 0.1) is 20.1 Å². The molecule has 0 aromatic heterocycles. The number of nitrogens with one attached hydrogen (secondary N) is 1. The van der Waals surface area contributed by atoms with Gasteiger partial charge in [-0.2, -0.15) is 17.0 Å². The normalized spacial score (nSPS) is 15.4. The summed E-state index contributed by atoms with van der Waals surface area (Å²) < 4.78 is 30.6. The maximum absolute atomic E-state index is 12.1. The number of likely N-dealkylation sites (N-methyl/N-ethyl adjacent to an activating group) is 1. The van der Waals surface area contributed by atoms with E-state index >= 15 is 0 Å². The highest BCUT2D eigenvalue weighted by Crippen LogP contribution is 2.18. The van der Waals surface area contributed by atoms with Crippen LogP contribution in [0.3, 0.4) is 0 Å². The van der Waals surface area contributed by atoms with Crippen molar-refractivity contribution >= 4 is 22.1 Å². The Morgan fingerprint density at radius 1 is 1.25 bits per heavy atom. The number of nitrogens with zero attached hydrogens (tertiary/aromatic N) is 2. The first-order valence-corrected chi connectivity index (χ1v) is 7.71. The fraction of sp³-hybridized carbons (Fsp3) is 0.818. The number of amides is 1. The summed E-state index contributed by atoms with van der Waals surface area (Å²) in [7, 11) is 0.171. The topological polar surface area (TPSA) is 96.0 Å². The van der Waals surface area contributed by atoms with Crippen LogP contribution >= 0.6 is 0 Å². The Labute approximate surface area is 119 Å². The molecule has 1 aliphatic rings. The van der Waals surface area contributed by atoms with Gasteiger partial charge in [0.1, 0.15) is 0 Å². The first-order chi connectivity index (χ1) is 9.27. The van der Waals surface area contributed by atoms with Crippen LogP contribution in [0.1, 0.15) is 19.3 Å². The number of carbonyl (C=O) groups excluding carboxylic acids is 2. The number of esters is 1. The van der Waals surface area contributed by atoms with Gasteiger partial charge in [-0.3, -0.25) is 9.59 Å². The molecule has 1 amide bonds. The van der Waals surface area contributed by atoms with Gasteiger partial charge in [0.2, 0.25) is 5.91 Å². The summed E-state index contributed by atoms with van der Waals surface area (Å²) in [6, 6.07) is 0.190. The second-order valence-corrected chi connectivity index (χ2v) is 6.90. The third kappa shape index (κ3) is 5.06. The number of hydrogen-bond donors (Lipinski definition) is 1. The molecule has 8 nitrogen and oxygen atoms in total. The van der Waals surface area contributed by atoms with Gasteiger partial charge in [-0.1, -0.05) is 0 Å². The summed E-state index contributed by atoms with van der Waals surface area (Å²) in [6.07, 6.45) is 1.86. The Hall–Kier alpha value is -1.19. The molecular formula is C11H21N3O5S. The van der Waals surface area contributed by atoms with Crippen LogP contribution in [0.5, 0.6) is 0 Å². The van der Waals surface area contributed by atoms with Crippen molar-refractivity contribution in [3.63, 3.8) is 0 Å². The van der Waals surface area contributed by atoms with Crippen LogP contribution in [0.4, 0.5) is 0 Å². The van der Waals surface area contributed by atoms with Crippen LogP contribution in [0.15, 0.2) is 0 Å². The number of carbonyl (C=O) groups is 2. The first-order valence-electron chi connectivity index (χ1n) is 6.31. The molecule has 0 aromatic carbocycles. The molecule has 1 saturated carbocycles. The molecule has 1 fully saturated rings. The van der Waals surface area contributed by atoms with Crippen LogP contribution < -0.4 is 5.32 Å².